The van der Waals surface area contributed by atoms with Crippen LogP contribution in [-0.4, -0.2) is 30.8 Å². The average molecular weight is 374 g/mol. The highest BCUT2D eigenvalue weighted by atomic mass is 19.1. The number of halogens is 1. The van der Waals surface area contributed by atoms with Gasteiger partial charge >= 0.3 is 0 Å². The van der Waals surface area contributed by atoms with Gasteiger partial charge in [0, 0.05) is 36.4 Å². The molecule has 3 heterocycles. The number of benzene rings is 1. The number of pyridine rings is 1. The van der Waals surface area contributed by atoms with Gasteiger partial charge in [0.25, 0.3) is 0 Å². The van der Waals surface area contributed by atoms with E-state index in [4.69, 9.17) is 0 Å². The molecule has 0 unspecified atom stereocenters. The van der Waals surface area contributed by atoms with Gasteiger partial charge in [-0.15, -0.1) is 0 Å². The molecule has 1 aromatic carbocycles. The third-order valence-electron chi connectivity index (χ3n) is 4.27. The highest BCUT2D eigenvalue weighted by Gasteiger charge is 2.10. The lowest BCUT2D eigenvalue weighted by Gasteiger charge is -2.13. The lowest BCUT2D eigenvalue weighted by atomic mass is 10.1. The Labute approximate surface area is 162 Å². The van der Waals surface area contributed by atoms with E-state index in [1.165, 1.54) is 10.7 Å². The van der Waals surface area contributed by atoms with E-state index in [9.17, 15) is 4.39 Å². The fourth-order valence-electron chi connectivity index (χ4n) is 2.96. The van der Waals surface area contributed by atoms with Gasteiger partial charge in [-0.2, -0.15) is 5.10 Å². The molecule has 0 aliphatic rings. The Morgan fingerprint density at radius 3 is 2.79 bits per heavy atom. The van der Waals surface area contributed by atoms with Crippen molar-refractivity contribution in [1.29, 1.82) is 0 Å². The van der Waals surface area contributed by atoms with Crippen molar-refractivity contribution >= 4 is 5.95 Å². The zero-order chi connectivity index (χ0) is 19.3. The van der Waals surface area contributed by atoms with E-state index in [-0.39, 0.29) is 11.9 Å². The van der Waals surface area contributed by atoms with Crippen molar-refractivity contribution in [3.05, 3.63) is 84.8 Å². The van der Waals surface area contributed by atoms with Crippen molar-refractivity contribution in [1.82, 2.24) is 24.7 Å². The summed E-state index contributed by atoms with van der Waals surface area (Å²) in [4.78, 5) is 13.0. The highest BCUT2D eigenvalue weighted by Crippen LogP contribution is 2.20. The summed E-state index contributed by atoms with van der Waals surface area (Å²) in [5, 5.41) is 7.57. The number of nitrogens with zero attached hydrogens (tertiary/aromatic N) is 5. The molecule has 1 N–H and O–H groups in total. The summed E-state index contributed by atoms with van der Waals surface area (Å²) in [6, 6.07) is 12.4. The molecule has 3 aromatic heterocycles. The third-order valence-corrected chi connectivity index (χ3v) is 4.27. The summed E-state index contributed by atoms with van der Waals surface area (Å²) in [5.41, 5.74) is 3.04. The largest absolute Gasteiger partial charge is 0.351 e. The predicted octanol–water partition coefficient (Wildman–Crippen LogP) is 3.91. The lowest BCUT2D eigenvalue weighted by molar-refractivity contribution is 0.611. The summed E-state index contributed by atoms with van der Waals surface area (Å²) in [6.45, 7) is 2.07. The topological polar surface area (TPSA) is 68.5 Å². The van der Waals surface area contributed by atoms with Crippen molar-refractivity contribution in [3.63, 3.8) is 0 Å². The van der Waals surface area contributed by atoms with Crippen LogP contribution in [0.25, 0.3) is 16.9 Å². The first-order chi connectivity index (χ1) is 13.7. The van der Waals surface area contributed by atoms with E-state index in [1.807, 2.05) is 18.3 Å². The smallest absolute Gasteiger partial charge is 0.223 e. The number of hydrogen-bond donors (Lipinski definition) is 1. The van der Waals surface area contributed by atoms with E-state index < -0.39 is 0 Å². The number of aromatic nitrogens is 5. The molecule has 0 radical (unpaired) electrons. The van der Waals surface area contributed by atoms with E-state index >= 15 is 0 Å². The maximum absolute atomic E-state index is 14.0. The summed E-state index contributed by atoms with van der Waals surface area (Å²) in [5.74, 6) is 0.207. The van der Waals surface area contributed by atoms with E-state index in [0.29, 0.717) is 17.3 Å². The van der Waals surface area contributed by atoms with Gasteiger partial charge in [0.1, 0.15) is 11.5 Å². The van der Waals surface area contributed by atoms with Gasteiger partial charge < -0.3 is 5.32 Å². The number of rotatable bonds is 6. The van der Waals surface area contributed by atoms with Crippen LogP contribution in [0.15, 0.2) is 73.4 Å². The number of anilines is 1. The Bertz CT molecular complexity index is 1060. The molecule has 0 aliphatic heterocycles. The quantitative estimate of drug-likeness (QED) is 0.554. The molecule has 28 heavy (non-hydrogen) atoms. The third kappa shape index (κ3) is 4.03. The second kappa shape index (κ2) is 7.96. The Hall–Kier alpha value is -3.61. The zero-order valence-corrected chi connectivity index (χ0v) is 15.3. The zero-order valence-electron chi connectivity index (χ0n) is 15.3. The Balaban J connectivity index is 1.50. The predicted molar refractivity (Wildman–Crippen MR) is 106 cm³/mol. The van der Waals surface area contributed by atoms with Crippen LogP contribution < -0.4 is 5.32 Å². The second-order valence-corrected chi connectivity index (χ2v) is 6.50. The maximum Gasteiger partial charge on any atom is 0.223 e. The first-order valence-electron chi connectivity index (χ1n) is 8.97. The molecule has 140 valence electrons. The SMILES string of the molecule is C[C@H](Cc1cccnc1)Nc1nccc(-c2cnn(-c3ccccc3F)c2)n1. The van der Waals surface area contributed by atoms with E-state index in [0.717, 1.165) is 17.5 Å². The first kappa shape index (κ1) is 17.8. The van der Waals surface area contributed by atoms with Crippen LogP contribution in [0, 0.1) is 5.82 Å². The average Bonchev–Trinajstić information content (AvgIpc) is 3.19. The van der Waals surface area contributed by atoms with Crippen LogP contribution in [0.1, 0.15) is 12.5 Å². The van der Waals surface area contributed by atoms with Crippen LogP contribution in [-0.2, 0) is 6.42 Å². The van der Waals surface area contributed by atoms with Crippen molar-refractivity contribution in [3.8, 4) is 16.9 Å². The Morgan fingerprint density at radius 1 is 1.07 bits per heavy atom. The van der Waals surface area contributed by atoms with Crippen LogP contribution in [0.3, 0.4) is 0 Å². The fraction of sp³-hybridized carbons (Fsp3) is 0.143. The molecule has 0 saturated heterocycles. The van der Waals surface area contributed by atoms with Gasteiger partial charge in [-0.3, -0.25) is 4.98 Å². The summed E-state index contributed by atoms with van der Waals surface area (Å²) in [6.07, 6.45) is 9.54. The highest BCUT2D eigenvalue weighted by molar-refractivity contribution is 5.59. The molecule has 0 fully saturated rings. The minimum atomic E-state index is -0.327. The molecule has 1 atom stereocenters. The maximum atomic E-state index is 14.0. The fourth-order valence-corrected chi connectivity index (χ4v) is 2.96. The van der Waals surface area contributed by atoms with Gasteiger partial charge in [-0.25, -0.2) is 19.0 Å². The standard InChI is InChI=1S/C21H19FN6/c1-15(11-16-5-4-9-23-12-16)26-21-24-10-8-19(27-21)17-13-25-28(14-17)20-7-3-2-6-18(20)22/h2-10,12-15H,11H2,1H3,(H,24,26,27)/t15-/m1/s1. The Morgan fingerprint density at radius 2 is 1.96 bits per heavy atom. The van der Waals surface area contributed by atoms with Crippen LogP contribution in [0.2, 0.25) is 0 Å². The number of nitrogens with one attached hydrogen (secondary N) is 1. The van der Waals surface area contributed by atoms with Crippen molar-refractivity contribution < 1.29 is 4.39 Å². The van der Waals surface area contributed by atoms with Gasteiger partial charge in [0.2, 0.25) is 5.95 Å². The van der Waals surface area contributed by atoms with Gasteiger partial charge in [0.05, 0.1) is 11.9 Å². The summed E-state index contributed by atoms with van der Waals surface area (Å²) in [7, 11) is 0. The monoisotopic (exact) mass is 374 g/mol. The molecule has 0 saturated carbocycles. The molecule has 0 spiro atoms. The number of hydrogen-bond acceptors (Lipinski definition) is 5. The van der Waals surface area contributed by atoms with Gasteiger partial charge in [-0.05, 0) is 43.2 Å². The van der Waals surface area contributed by atoms with Crippen molar-refractivity contribution in [2.75, 3.05) is 5.32 Å². The van der Waals surface area contributed by atoms with Gasteiger partial charge in [0.15, 0.2) is 0 Å². The summed E-state index contributed by atoms with van der Waals surface area (Å²) >= 11 is 0. The van der Waals surface area contributed by atoms with Gasteiger partial charge in [-0.1, -0.05) is 18.2 Å². The van der Waals surface area contributed by atoms with Crippen molar-refractivity contribution in [2.45, 2.75) is 19.4 Å². The molecule has 6 nitrogen and oxygen atoms in total. The first-order valence-corrected chi connectivity index (χ1v) is 8.97. The van der Waals surface area contributed by atoms with Crippen molar-refractivity contribution in [2.24, 2.45) is 0 Å². The normalized spacial score (nSPS) is 11.9. The Kier molecular flexibility index (Phi) is 5.05. The number of para-hydroxylation sites is 1. The van der Waals surface area contributed by atoms with Crippen LogP contribution >= 0.6 is 0 Å². The summed E-state index contributed by atoms with van der Waals surface area (Å²) < 4.78 is 15.5. The molecule has 7 heteroatoms. The minimum Gasteiger partial charge on any atom is -0.351 e. The van der Waals surface area contributed by atoms with Crippen LogP contribution in [0.5, 0.6) is 0 Å². The second-order valence-electron chi connectivity index (χ2n) is 6.50. The molecule has 0 aliphatic carbocycles. The van der Waals surface area contributed by atoms with Crippen LogP contribution in [0.4, 0.5) is 10.3 Å². The van der Waals surface area contributed by atoms with E-state index in [2.05, 4.69) is 32.3 Å². The molecular weight excluding hydrogens is 355 g/mol. The van der Waals surface area contributed by atoms with E-state index in [1.54, 1.807) is 49.1 Å². The molecule has 4 rings (SSSR count). The molecular formula is C21H19FN6. The minimum absolute atomic E-state index is 0.139. The molecule has 0 amide bonds. The molecule has 4 aromatic rings. The lowest BCUT2D eigenvalue weighted by Crippen LogP contribution is -2.19. The molecule has 0 bridgehead atoms.